The number of nitrogens with zero attached hydrogens (tertiary/aromatic N) is 1. The number of nitrogens with one attached hydrogen (secondary N) is 1. The minimum Gasteiger partial charge on any atom is -0.314 e. The van der Waals surface area contributed by atoms with E-state index in [1.165, 1.54) is 38.8 Å². The minimum absolute atomic E-state index is 0.671. The zero-order valence-corrected chi connectivity index (χ0v) is 12.5. The Kier molecular flexibility index (Phi) is 6.50. The quantitative estimate of drug-likeness (QED) is 0.718. The van der Waals surface area contributed by atoms with E-state index >= 15 is 0 Å². The van der Waals surface area contributed by atoms with Crippen molar-refractivity contribution in [3.8, 4) is 0 Å². The molecule has 2 nitrogen and oxygen atoms in total. The molecule has 0 aromatic rings. The minimum atomic E-state index is 0.671. The predicted molar refractivity (Wildman–Crippen MR) is 76.4 cm³/mol. The fraction of sp³-hybridized carbons (Fsp3) is 1.00. The van der Waals surface area contributed by atoms with Crippen LogP contribution in [0.1, 0.15) is 53.4 Å². The first kappa shape index (κ1) is 15.0. The van der Waals surface area contributed by atoms with E-state index in [0.29, 0.717) is 6.04 Å². The van der Waals surface area contributed by atoms with Gasteiger partial charge in [-0.3, -0.25) is 0 Å². The molecule has 102 valence electrons. The highest BCUT2D eigenvalue weighted by molar-refractivity contribution is 4.80. The van der Waals surface area contributed by atoms with Crippen LogP contribution in [0.15, 0.2) is 0 Å². The summed E-state index contributed by atoms with van der Waals surface area (Å²) in [5, 5.41) is 3.76. The molecule has 17 heavy (non-hydrogen) atoms. The van der Waals surface area contributed by atoms with Gasteiger partial charge in [-0.05, 0) is 71.5 Å². The van der Waals surface area contributed by atoms with Gasteiger partial charge in [0.1, 0.15) is 0 Å². The molecule has 1 aliphatic carbocycles. The van der Waals surface area contributed by atoms with Gasteiger partial charge in [-0.15, -0.1) is 0 Å². The number of rotatable bonds is 6. The Morgan fingerprint density at radius 1 is 1.24 bits per heavy atom. The molecule has 0 aromatic carbocycles. The van der Waals surface area contributed by atoms with Crippen LogP contribution in [-0.4, -0.2) is 37.1 Å². The van der Waals surface area contributed by atoms with Gasteiger partial charge in [0, 0.05) is 12.1 Å². The fourth-order valence-corrected chi connectivity index (χ4v) is 2.84. The molecule has 1 N–H and O–H groups in total. The second kappa shape index (κ2) is 7.38. The second-order valence-electron chi connectivity index (χ2n) is 6.38. The first-order chi connectivity index (χ1) is 8.00. The second-order valence-corrected chi connectivity index (χ2v) is 6.38. The van der Waals surface area contributed by atoms with Crippen LogP contribution in [0.25, 0.3) is 0 Å². The Balaban J connectivity index is 2.10. The lowest BCUT2D eigenvalue weighted by molar-refractivity contribution is 0.220. The highest BCUT2D eigenvalue weighted by atomic mass is 15.1. The Morgan fingerprint density at radius 3 is 2.53 bits per heavy atom. The van der Waals surface area contributed by atoms with Gasteiger partial charge < -0.3 is 10.2 Å². The highest BCUT2D eigenvalue weighted by Gasteiger charge is 2.24. The third-order valence-electron chi connectivity index (χ3n) is 4.41. The molecule has 1 fully saturated rings. The van der Waals surface area contributed by atoms with Crippen molar-refractivity contribution in [2.75, 3.05) is 20.1 Å². The summed E-state index contributed by atoms with van der Waals surface area (Å²) in [7, 11) is 2.22. The van der Waals surface area contributed by atoms with Crippen molar-refractivity contribution < 1.29 is 0 Å². The maximum atomic E-state index is 3.76. The maximum Gasteiger partial charge on any atom is 0.00928 e. The van der Waals surface area contributed by atoms with E-state index < -0.39 is 0 Å². The molecule has 0 heterocycles. The lowest BCUT2D eigenvalue weighted by atomic mass is 9.80. The summed E-state index contributed by atoms with van der Waals surface area (Å²) in [6, 6.07) is 1.44. The van der Waals surface area contributed by atoms with E-state index in [1.807, 2.05) is 0 Å². The van der Waals surface area contributed by atoms with Crippen molar-refractivity contribution in [3.63, 3.8) is 0 Å². The summed E-state index contributed by atoms with van der Waals surface area (Å²) in [5.41, 5.74) is 0. The standard InChI is InChI=1S/C15H32N2/c1-12(2)17(5)10-6-9-16-15-8-7-13(3)11-14(15)4/h12-16H,6-11H2,1-5H3. The zero-order chi connectivity index (χ0) is 12.8. The van der Waals surface area contributed by atoms with Crippen LogP contribution < -0.4 is 5.32 Å². The molecule has 1 rings (SSSR count). The van der Waals surface area contributed by atoms with E-state index in [-0.39, 0.29) is 0 Å². The molecule has 2 heteroatoms. The summed E-state index contributed by atoms with van der Waals surface area (Å²) in [4.78, 5) is 2.42. The van der Waals surface area contributed by atoms with Crippen LogP contribution in [0, 0.1) is 11.8 Å². The van der Waals surface area contributed by atoms with E-state index in [4.69, 9.17) is 0 Å². The van der Waals surface area contributed by atoms with Crippen LogP contribution in [0.5, 0.6) is 0 Å². The Morgan fingerprint density at radius 2 is 1.94 bits per heavy atom. The topological polar surface area (TPSA) is 15.3 Å². The summed E-state index contributed by atoms with van der Waals surface area (Å²) < 4.78 is 0. The summed E-state index contributed by atoms with van der Waals surface area (Å²) in [6.07, 6.45) is 5.47. The van der Waals surface area contributed by atoms with Crippen LogP contribution in [0.3, 0.4) is 0 Å². The van der Waals surface area contributed by atoms with Gasteiger partial charge in [0.25, 0.3) is 0 Å². The Labute approximate surface area is 108 Å². The predicted octanol–water partition coefficient (Wildman–Crippen LogP) is 3.13. The molecule has 0 radical (unpaired) electrons. The normalized spacial score (nSPS) is 30.2. The number of hydrogen-bond donors (Lipinski definition) is 1. The molecular formula is C15H32N2. The van der Waals surface area contributed by atoms with Gasteiger partial charge in [-0.25, -0.2) is 0 Å². The lowest BCUT2D eigenvalue weighted by Gasteiger charge is -2.33. The molecule has 0 aliphatic heterocycles. The molecule has 0 amide bonds. The van der Waals surface area contributed by atoms with Crippen LogP contribution in [-0.2, 0) is 0 Å². The summed E-state index contributed by atoms with van der Waals surface area (Å²) in [5.74, 6) is 1.80. The van der Waals surface area contributed by atoms with E-state index in [9.17, 15) is 0 Å². The monoisotopic (exact) mass is 240 g/mol. The molecular weight excluding hydrogens is 208 g/mol. The number of hydrogen-bond acceptors (Lipinski definition) is 2. The summed E-state index contributed by atoms with van der Waals surface area (Å²) in [6.45, 7) is 11.7. The van der Waals surface area contributed by atoms with Gasteiger partial charge in [-0.2, -0.15) is 0 Å². The molecule has 3 atom stereocenters. The van der Waals surface area contributed by atoms with Crippen molar-refractivity contribution >= 4 is 0 Å². The van der Waals surface area contributed by atoms with E-state index in [1.54, 1.807) is 0 Å². The molecule has 0 saturated heterocycles. The third kappa shape index (κ3) is 5.39. The molecule has 0 bridgehead atoms. The molecule has 1 saturated carbocycles. The summed E-state index contributed by atoms with van der Waals surface area (Å²) >= 11 is 0. The average molecular weight is 240 g/mol. The molecule has 0 spiro atoms. The largest absolute Gasteiger partial charge is 0.314 e. The first-order valence-corrected chi connectivity index (χ1v) is 7.44. The Bertz CT molecular complexity index is 203. The van der Waals surface area contributed by atoms with Gasteiger partial charge >= 0.3 is 0 Å². The van der Waals surface area contributed by atoms with E-state index in [2.05, 4.69) is 45.0 Å². The maximum absolute atomic E-state index is 3.76. The van der Waals surface area contributed by atoms with Gasteiger partial charge in [0.15, 0.2) is 0 Å². The third-order valence-corrected chi connectivity index (χ3v) is 4.41. The van der Waals surface area contributed by atoms with Crippen molar-refractivity contribution in [2.24, 2.45) is 11.8 Å². The average Bonchev–Trinajstić information content (AvgIpc) is 2.26. The smallest absolute Gasteiger partial charge is 0.00928 e. The van der Waals surface area contributed by atoms with E-state index in [0.717, 1.165) is 17.9 Å². The lowest BCUT2D eigenvalue weighted by Crippen LogP contribution is -2.40. The molecule has 0 aromatic heterocycles. The van der Waals surface area contributed by atoms with Crippen molar-refractivity contribution in [2.45, 2.75) is 65.5 Å². The van der Waals surface area contributed by atoms with Crippen LogP contribution >= 0.6 is 0 Å². The zero-order valence-electron chi connectivity index (χ0n) is 12.5. The fourth-order valence-electron chi connectivity index (χ4n) is 2.84. The van der Waals surface area contributed by atoms with Crippen LogP contribution in [0.4, 0.5) is 0 Å². The van der Waals surface area contributed by atoms with Gasteiger partial charge in [0.05, 0.1) is 0 Å². The Hall–Kier alpha value is -0.0800. The first-order valence-electron chi connectivity index (χ1n) is 7.44. The van der Waals surface area contributed by atoms with Crippen molar-refractivity contribution in [3.05, 3.63) is 0 Å². The van der Waals surface area contributed by atoms with Gasteiger partial charge in [-0.1, -0.05) is 13.8 Å². The highest BCUT2D eigenvalue weighted by Crippen LogP contribution is 2.28. The van der Waals surface area contributed by atoms with Crippen molar-refractivity contribution in [1.29, 1.82) is 0 Å². The van der Waals surface area contributed by atoms with Crippen LogP contribution in [0.2, 0.25) is 0 Å². The van der Waals surface area contributed by atoms with Gasteiger partial charge in [0.2, 0.25) is 0 Å². The molecule has 1 aliphatic rings. The SMILES string of the molecule is CC1CCC(NCCCN(C)C(C)C)C(C)C1. The molecule has 3 unspecified atom stereocenters. The van der Waals surface area contributed by atoms with Crippen molar-refractivity contribution in [1.82, 2.24) is 10.2 Å².